The second-order valence-corrected chi connectivity index (χ2v) is 2.74. The van der Waals surface area contributed by atoms with Gasteiger partial charge in [-0.25, -0.2) is 4.79 Å². The number of methoxy groups -OCH3 is 1. The summed E-state index contributed by atoms with van der Waals surface area (Å²) in [6.07, 6.45) is 5.04. The first-order chi connectivity index (χ1) is 7.19. The summed E-state index contributed by atoms with van der Waals surface area (Å²) in [6.45, 7) is 0.141. The number of esters is 1. The zero-order valence-corrected chi connectivity index (χ0v) is 8.32. The van der Waals surface area contributed by atoms with Gasteiger partial charge in [0.05, 0.1) is 18.4 Å². The van der Waals surface area contributed by atoms with Crippen molar-refractivity contribution < 1.29 is 14.3 Å². The number of hydrogen-bond donors (Lipinski definition) is 1. The van der Waals surface area contributed by atoms with Gasteiger partial charge in [0.2, 0.25) is 0 Å². The van der Waals surface area contributed by atoms with Crippen LogP contribution < -0.4 is 10.5 Å². The lowest BCUT2D eigenvalue weighted by Crippen LogP contribution is -2.04. The average molecular weight is 205 g/mol. The fraction of sp³-hybridized carbons (Fsp3) is 0.182. The Balaban J connectivity index is 2.89. The van der Waals surface area contributed by atoms with Crippen LogP contribution >= 0.6 is 0 Å². The van der Waals surface area contributed by atoms with E-state index in [0.717, 1.165) is 0 Å². The Morgan fingerprint density at radius 3 is 2.87 bits per heavy atom. The third-order valence-corrected chi connectivity index (χ3v) is 1.74. The Hall–Kier alpha value is -2.15. The zero-order valence-electron chi connectivity index (χ0n) is 8.32. The van der Waals surface area contributed by atoms with Gasteiger partial charge in [0.15, 0.2) is 0 Å². The first-order valence-corrected chi connectivity index (χ1v) is 4.23. The molecule has 78 valence electrons. The first kappa shape index (κ1) is 10.9. The molecule has 4 heteroatoms. The monoisotopic (exact) mass is 205 g/mol. The predicted octanol–water partition coefficient (Wildman–Crippen LogP) is 1.07. The van der Waals surface area contributed by atoms with Gasteiger partial charge in [0, 0.05) is 0 Å². The Kier molecular flexibility index (Phi) is 3.58. The second kappa shape index (κ2) is 4.91. The second-order valence-electron chi connectivity index (χ2n) is 2.74. The van der Waals surface area contributed by atoms with Crippen molar-refractivity contribution in [1.82, 2.24) is 0 Å². The lowest BCUT2D eigenvalue weighted by molar-refractivity contribution is 0.0601. The van der Waals surface area contributed by atoms with E-state index in [-0.39, 0.29) is 6.61 Å². The summed E-state index contributed by atoms with van der Waals surface area (Å²) in [5, 5.41) is 0. The van der Waals surface area contributed by atoms with Gasteiger partial charge in [-0.05, 0) is 18.2 Å². The van der Waals surface area contributed by atoms with Crippen molar-refractivity contribution in [3.8, 4) is 18.1 Å². The molecule has 15 heavy (non-hydrogen) atoms. The highest BCUT2D eigenvalue weighted by molar-refractivity contribution is 5.90. The largest absolute Gasteiger partial charge is 0.479 e. The highest BCUT2D eigenvalue weighted by Crippen LogP contribution is 2.22. The van der Waals surface area contributed by atoms with Crippen LogP contribution in [0.1, 0.15) is 10.4 Å². The van der Waals surface area contributed by atoms with Crippen LogP contribution in [0.25, 0.3) is 0 Å². The van der Waals surface area contributed by atoms with Gasteiger partial charge < -0.3 is 15.2 Å². The van der Waals surface area contributed by atoms with Crippen molar-refractivity contribution in [1.29, 1.82) is 0 Å². The van der Waals surface area contributed by atoms with Gasteiger partial charge in [-0.1, -0.05) is 5.92 Å². The molecule has 0 atom stereocenters. The third kappa shape index (κ3) is 2.64. The Morgan fingerprint density at radius 1 is 1.60 bits per heavy atom. The Labute approximate surface area is 88.0 Å². The van der Waals surface area contributed by atoms with E-state index in [1.54, 1.807) is 12.1 Å². The minimum atomic E-state index is -0.440. The molecule has 0 radical (unpaired) electrons. The number of ether oxygens (including phenoxy) is 2. The Bertz CT molecular complexity index is 407. The molecule has 0 heterocycles. The van der Waals surface area contributed by atoms with Gasteiger partial charge in [-0.2, -0.15) is 0 Å². The summed E-state index contributed by atoms with van der Waals surface area (Å²) in [7, 11) is 1.31. The summed E-state index contributed by atoms with van der Waals surface area (Å²) in [6, 6.07) is 4.63. The summed E-state index contributed by atoms with van der Waals surface area (Å²) in [5.41, 5.74) is 6.39. The minimum Gasteiger partial charge on any atom is -0.479 e. The number of nitrogen functional groups attached to an aromatic ring is 1. The van der Waals surface area contributed by atoms with Crippen LogP contribution in [0.15, 0.2) is 18.2 Å². The van der Waals surface area contributed by atoms with Crippen LogP contribution in [0.2, 0.25) is 0 Å². The third-order valence-electron chi connectivity index (χ3n) is 1.74. The quantitative estimate of drug-likeness (QED) is 0.455. The highest BCUT2D eigenvalue weighted by Gasteiger charge is 2.08. The fourth-order valence-electron chi connectivity index (χ4n) is 1.04. The minimum absolute atomic E-state index is 0.141. The molecule has 1 rings (SSSR count). The number of hydrogen-bond acceptors (Lipinski definition) is 4. The van der Waals surface area contributed by atoms with Crippen LogP contribution in [-0.4, -0.2) is 19.7 Å². The van der Waals surface area contributed by atoms with Crippen LogP contribution in [-0.2, 0) is 4.74 Å². The fourth-order valence-corrected chi connectivity index (χ4v) is 1.04. The standard InChI is InChI=1S/C11H11NO3/c1-3-6-15-10-5-4-8(7-9(10)12)11(13)14-2/h1,4-5,7H,6,12H2,2H3. The van der Waals surface area contributed by atoms with E-state index >= 15 is 0 Å². The van der Waals surface area contributed by atoms with Gasteiger partial charge >= 0.3 is 5.97 Å². The maximum atomic E-state index is 11.1. The summed E-state index contributed by atoms with van der Waals surface area (Å²) >= 11 is 0. The number of carbonyl (C=O) groups is 1. The predicted molar refractivity (Wildman–Crippen MR) is 56.5 cm³/mol. The smallest absolute Gasteiger partial charge is 0.337 e. The van der Waals surface area contributed by atoms with Crippen molar-refractivity contribution in [2.75, 3.05) is 19.5 Å². The van der Waals surface area contributed by atoms with E-state index in [1.165, 1.54) is 13.2 Å². The topological polar surface area (TPSA) is 61.5 Å². The van der Waals surface area contributed by atoms with Crippen LogP contribution in [0.4, 0.5) is 5.69 Å². The molecule has 0 aromatic heterocycles. The molecule has 1 aromatic rings. The van der Waals surface area contributed by atoms with E-state index in [2.05, 4.69) is 10.7 Å². The molecule has 0 fully saturated rings. The molecule has 2 N–H and O–H groups in total. The van der Waals surface area contributed by atoms with Crippen LogP contribution in [0.3, 0.4) is 0 Å². The highest BCUT2D eigenvalue weighted by atomic mass is 16.5. The number of rotatable bonds is 3. The van der Waals surface area contributed by atoms with Crippen LogP contribution in [0.5, 0.6) is 5.75 Å². The van der Waals surface area contributed by atoms with Gasteiger partial charge in [0.25, 0.3) is 0 Å². The maximum absolute atomic E-state index is 11.1. The van der Waals surface area contributed by atoms with E-state index in [9.17, 15) is 4.79 Å². The lowest BCUT2D eigenvalue weighted by atomic mass is 10.2. The van der Waals surface area contributed by atoms with E-state index < -0.39 is 5.97 Å². The maximum Gasteiger partial charge on any atom is 0.337 e. The zero-order chi connectivity index (χ0) is 11.3. The molecule has 0 amide bonds. The van der Waals surface area contributed by atoms with E-state index in [0.29, 0.717) is 17.0 Å². The molecule has 0 aliphatic rings. The molecular formula is C11H11NO3. The molecule has 1 aromatic carbocycles. The van der Waals surface area contributed by atoms with Gasteiger partial charge in [0.1, 0.15) is 12.4 Å². The normalized spacial score (nSPS) is 9.07. The van der Waals surface area contributed by atoms with Crippen molar-refractivity contribution in [3.63, 3.8) is 0 Å². The van der Waals surface area contributed by atoms with Gasteiger partial charge in [-0.15, -0.1) is 6.42 Å². The molecule has 0 unspecified atom stereocenters. The van der Waals surface area contributed by atoms with E-state index in [4.69, 9.17) is 16.9 Å². The summed E-state index contributed by atoms with van der Waals surface area (Å²) in [5.74, 6) is 2.34. The molecule has 4 nitrogen and oxygen atoms in total. The number of terminal acetylenes is 1. The van der Waals surface area contributed by atoms with Crippen molar-refractivity contribution >= 4 is 11.7 Å². The van der Waals surface area contributed by atoms with Crippen molar-refractivity contribution in [2.24, 2.45) is 0 Å². The molecule has 0 saturated carbocycles. The Morgan fingerprint density at radius 2 is 2.33 bits per heavy atom. The lowest BCUT2D eigenvalue weighted by Gasteiger charge is -2.07. The van der Waals surface area contributed by atoms with Gasteiger partial charge in [-0.3, -0.25) is 0 Å². The summed E-state index contributed by atoms with van der Waals surface area (Å²) < 4.78 is 9.69. The number of carbonyl (C=O) groups excluding carboxylic acids is 1. The van der Waals surface area contributed by atoms with Crippen molar-refractivity contribution in [2.45, 2.75) is 0 Å². The van der Waals surface area contributed by atoms with Crippen LogP contribution in [0, 0.1) is 12.3 Å². The first-order valence-electron chi connectivity index (χ1n) is 4.23. The summed E-state index contributed by atoms with van der Waals surface area (Å²) in [4.78, 5) is 11.1. The van der Waals surface area contributed by atoms with E-state index in [1.807, 2.05) is 0 Å². The molecule has 0 spiro atoms. The van der Waals surface area contributed by atoms with Crippen molar-refractivity contribution in [3.05, 3.63) is 23.8 Å². The molecule has 0 saturated heterocycles. The number of anilines is 1. The molecule has 0 bridgehead atoms. The SMILES string of the molecule is C#CCOc1ccc(C(=O)OC)cc1N. The number of nitrogens with two attached hydrogens (primary N) is 1. The molecule has 0 aliphatic carbocycles. The number of benzene rings is 1. The molecule has 0 aliphatic heterocycles. The molecular weight excluding hydrogens is 194 g/mol. The average Bonchev–Trinajstić information content (AvgIpc) is 2.26.